The average Bonchev–Trinajstić information content (AvgIpc) is 2.59. The van der Waals surface area contributed by atoms with Crippen molar-refractivity contribution in [2.45, 2.75) is 6.18 Å². The topological polar surface area (TPSA) is 17.1 Å². The van der Waals surface area contributed by atoms with E-state index in [1.54, 1.807) is 12.1 Å². The van der Waals surface area contributed by atoms with Crippen LogP contribution in [0.1, 0.15) is 15.9 Å². The molecule has 0 aliphatic heterocycles. The summed E-state index contributed by atoms with van der Waals surface area (Å²) >= 11 is 0.991. The first kappa shape index (κ1) is 10.2. The van der Waals surface area contributed by atoms with Crippen LogP contribution in [0.3, 0.4) is 0 Å². The number of carbonyl (C=O) groups is 1. The van der Waals surface area contributed by atoms with E-state index < -0.39 is 11.7 Å². The van der Waals surface area contributed by atoms with Gasteiger partial charge in [0.15, 0.2) is 6.29 Å². The van der Waals surface area contributed by atoms with Crippen molar-refractivity contribution < 1.29 is 18.0 Å². The van der Waals surface area contributed by atoms with Crippen LogP contribution >= 0.6 is 11.3 Å². The van der Waals surface area contributed by atoms with Gasteiger partial charge in [-0.3, -0.25) is 4.79 Å². The summed E-state index contributed by atoms with van der Waals surface area (Å²) in [6, 6.07) is 4.53. The summed E-state index contributed by atoms with van der Waals surface area (Å²) in [6.45, 7) is 0. The average molecular weight is 230 g/mol. The van der Waals surface area contributed by atoms with Gasteiger partial charge < -0.3 is 0 Å². The van der Waals surface area contributed by atoms with Gasteiger partial charge >= 0.3 is 6.18 Å². The van der Waals surface area contributed by atoms with E-state index >= 15 is 0 Å². The van der Waals surface area contributed by atoms with Gasteiger partial charge in [0.1, 0.15) is 0 Å². The van der Waals surface area contributed by atoms with E-state index in [9.17, 15) is 18.0 Å². The molecule has 1 aromatic heterocycles. The fourth-order valence-corrected chi connectivity index (χ4v) is 2.42. The van der Waals surface area contributed by atoms with Crippen molar-refractivity contribution in [1.29, 1.82) is 0 Å². The number of benzene rings is 1. The van der Waals surface area contributed by atoms with E-state index in [4.69, 9.17) is 0 Å². The summed E-state index contributed by atoms with van der Waals surface area (Å²) in [5.41, 5.74) is -0.647. The third-order valence-electron chi connectivity index (χ3n) is 2.06. The van der Waals surface area contributed by atoms with Crippen molar-refractivity contribution in [2.75, 3.05) is 0 Å². The number of thiophene rings is 1. The first-order chi connectivity index (χ1) is 7.04. The zero-order valence-electron chi connectivity index (χ0n) is 7.34. The third-order valence-corrected chi connectivity index (χ3v) is 3.01. The molecule has 78 valence electrons. The number of fused-ring (bicyclic) bond motifs is 1. The lowest BCUT2D eigenvalue weighted by Crippen LogP contribution is -2.04. The Hall–Kier alpha value is -1.36. The Kier molecular flexibility index (Phi) is 2.26. The number of rotatable bonds is 1. The molecule has 0 N–H and O–H groups in total. The fraction of sp³-hybridized carbons (Fsp3) is 0.100. The van der Waals surface area contributed by atoms with Gasteiger partial charge in [-0.2, -0.15) is 13.2 Å². The van der Waals surface area contributed by atoms with E-state index in [1.807, 2.05) is 0 Å². The number of hydrogen-bond acceptors (Lipinski definition) is 2. The molecule has 0 bridgehead atoms. The lowest BCUT2D eigenvalue weighted by atomic mass is 10.1. The number of alkyl halides is 3. The van der Waals surface area contributed by atoms with Gasteiger partial charge in [0.05, 0.1) is 5.56 Å². The molecule has 2 rings (SSSR count). The number of halogens is 3. The molecular formula is C10H5F3OS. The molecular weight excluding hydrogens is 225 g/mol. The Labute approximate surface area is 87.1 Å². The molecule has 0 saturated heterocycles. The first-order valence-corrected chi connectivity index (χ1v) is 4.94. The minimum atomic E-state index is -4.41. The second-order valence-electron chi connectivity index (χ2n) is 2.99. The highest BCUT2D eigenvalue weighted by Crippen LogP contribution is 2.39. The van der Waals surface area contributed by atoms with Crippen molar-refractivity contribution in [2.24, 2.45) is 0 Å². The zero-order valence-corrected chi connectivity index (χ0v) is 8.15. The SMILES string of the molecule is O=Cc1cccc2scc(C(F)(F)F)c12. The predicted octanol–water partition coefficient (Wildman–Crippen LogP) is 3.73. The molecule has 0 spiro atoms. The molecule has 0 saturated carbocycles. The first-order valence-electron chi connectivity index (χ1n) is 4.06. The van der Waals surface area contributed by atoms with Crippen LogP contribution < -0.4 is 0 Å². The normalized spacial score (nSPS) is 11.9. The van der Waals surface area contributed by atoms with Crippen LogP contribution in [0, 0.1) is 0 Å². The highest BCUT2D eigenvalue weighted by molar-refractivity contribution is 7.17. The molecule has 0 amide bonds. The molecule has 1 aromatic carbocycles. The maximum Gasteiger partial charge on any atom is 0.417 e. The van der Waals surface area contributed by atoms with Crippen LogP contribution in [0.4, 0.5) is 13.2 Å². The molecule has 0 atom stereocenters. The van der Waals surface area contributed by atoms with Crippen LogP contribution in [0.15, 0.2) is 23.6 Å². The summed E-state index contributed by atoms with van der Waals surface area (Å²) in [6.07, 6.45) is -3.96. The molecule has 0 aliphatic rings. The van der Waals surface area contributed by atoms with Crippen molar-refractivity contribution in [3.05, 3.63) is 34.7 Å². The summed E-state index contributed by atoms with van der Waals surface area (Å²) in [5, 5.41) is 1.04. The van der Waals surface area contributed by atoms with E-state index in [2.05, 4.69) is 0 Å². The van der Waals surface area contributed by atoms with Crippen LogP contribution in [0.25, 0.3) is 10.1 Å². The van der Waals surface area contributed by atoms with Gasteiger partial charge in [-0.05, 0) is 6.07 Å². The summed E-state index contributed by atoms with van der Waals surface area (Å²) in [5.74, 6) is 0. The number of aldehydes is 1. The molecule has 15 heavy (non-hydrogen) atoms. The van der Waals surface area contributed by atoms with Crippen LogP contribution in [-0.4, -0.2) is 6.29 Å². The standard InChI is InChI=1S/C10H5F3OS/c11-10(12,13)7-5-15-8-3-1-2-6(4-14)9(7)8/h1-5H. The smallest absolute Gasteiger partial charge is 0.298 e. The van der Waals surface area contributed by atoms with Gasteiger partial charge in [0.2, 0.25) is 0 Å². The van der Waals surface area contributed by atoms with E-state index in [0.717, 1.165) is 16.7 Å². The van der Waals surface area contributed by atoms with Crippen molar-refractivity contribution in [1.82, 2.24) is 0 Å². The molecule has 1 nitrogen and oxygen atoms in total. The Balaban J connectivity index is 2.83. The quantitative estimate of drug-likeness (QED) is 0.682. The minimum Gasteiger partial charge on any atom is -0.298 e. The highest BCUT2D eigenvalue weighted by atomic mass is 32.1. The van der Waals surface area contributed by atoms with Crippen LogP contribution in [0.5, 0.6) is 0 Å². The Morgan fingerprint density at radius 3 is 2.60 bits per heavy atom. The van der Waals surface area contributed by atoms with Crippen LogP contribution in [-0.2, 0) is 6.18 Å². The maximum atomic E-state index is 12.6. The second-order valence-corrected chi connectivity index (χ2v) is 3.90. The number of carbonyl (C=O) groups excluding carboxylic acids is 1. The van der Waals surface area contributed by atoms with Crippen molar-refractivity contribution >= 4 is 27.7 Å². The van der Waals surface area contributed by atoms with E-state index in [-0.39, 0.29) is 10.9 Å². The van der Waals surface area contributed by atoms with Gasteiger partial charge in [-0.1, -0.05) is 12.1 Å². The summed E-state index contributed by atoms with van der Waals surface area (Å²) in [7, 11) is 0. The van der Waals surface area contributed by atoms with Gasteiger partial charge in [-0.25, -0.2) is 0 Å². The predicted molar refractivity (Wildman–Crippen MR) is 52.2 cm³/mol. The van der Waals surface area contributed by atoms with Crippen LogP contribution in [0.2, 0.25) is 0 Å². The Morgan fingerprint density at radius 2 is 2.00 bits per heavy atom. The molecule has 2 aromatic rings. The molecule has 0 radical (unpaired) electrons. The fourth-order valence-electron chi connectivity index (χ4n) is 1.42. The van der Waals surface area contributed by atoms with Crippen molar-refractivity contribution in [3.8, 4) is 0 Å². The van der Waals surface area contributed by atoms with Gasteiger partial charge in [0, 0.05) is 21.0 Å². The lowest BCUT2D eigenvalue weighted by molar-refractivity contribution is -0.136. The summed E-state index contributed by atoms with van der Waals surface area (Å²) in [4.78, 5) is 10.6. The molecule has 5 heteroatoms. The third kappa shape index (κ3) is 1.63. The molecule has 0 aliphatic carbocycles. The van der Waals surface area contributed by atoms with Gasteiger partial charge in [0.25, 0.3) is 0 Å². The highest BCUT2D eigenvalue weighted by Gasteiger charge is 2.34. The molecule has 0 unspecified atom stereocenters. The van der Waals surface area contributed by atoms with E-state index in [1.165, 1.54) is 6.07 Å². The zero-order chi connectivity index (χ0) is 11.1. The largest absolute Gasteiger partial charge is 0.417 e. The van der Waals surface area contributed by atoms with E-state index in [0.29, 0.717) is 11.0 Å². The Morgan fingerprint density at radius 1 is 1.27 bits per heavy atom. The molecule has 1 heterocycles. The Bertz CT molecular complexity index is 513. The maximum absolute atomic E-state index is 12.6. The monoisotopic (exact) mass is 230 g/mol. The number of hydrogen-bond donors (Lipinski definition) is 0. The summed E-state index contributed by atoms with van der Waals surface area (Å²) < 4.78 is 38.2. The molecule has 0 fully saturated rings. The lowest BCUT2D eigenvalue weighted by Gasteiger charge is -2.05. The second kappa shape index (κ2) is 3.34. The van der Waals surface area contributed by atoms with Crippen molar-refractivity contribution in [3.63, 3.8) is 0 Å². The minimum absolute atomic E-state index is 0.00463. The van der Waals surface area contributed by atoms with Gasteiger partial charge in [-0.15, -0.1) is 11.3 Å².